The van der Waals surface area contributed by atoms with Gasteiger partial charge >= 0.3 is 0 Å². The number of likely N-dealkylation sites (tertiary alicyclic amines) is 1. The molecule has 1 saturated heterocycles. The van der Waals surface area contributed by atoms with Crippen molar-refractivity contribution in [3.05, 3.63) is 16.0 Å². The first-order chi connectivity index (χ1) is 12.2. The Morgan fingerprint density at radius 3 is 2.73 bits per heavy atom. The van der Waals surface area contributed by atoms with Gasteiger partial charge in [-0.2, -0.15) is 10.3 Å². The molecule has 140 valence electrons. The van der Waals surface area contributed by atoms with Crippen LogP contribution in [0.25, 0.3) is 0 Å². The quantitative estimate of drug-likeness (QED) is 0.289. The van der Waals surface area contributed by atoms with Gasteiger partial charge in [0.2, 0.25) is 0 Å². The monoisotopic (exact) mass is 370 g/mol. The van der Waals surface area contributed by atoms with Crippen LogP contribution < -0.4 is 0 Å². The molecule has 0 aromatic carbocycles. The van der Waals surface area contributed by atoms with Crippen molar-refractivity contribution in [2.45, 2.75) is 78.2 Å². The first-order valence-electron chi connectivity index (χ1n) is 10.2. The first-order valence-corrected chi connectivity index (χ1v) is 11.0. The summed E-state index contributed by atoms with van der Waals surface area (Å²) in [5.41, 5.74) is 3.03. The van der Waals surface area contributed by atoms with Crippen molar-refractivity contribution >= 4 is 22.7 Å². The van der Waals surface area contributed by atoms with Gasteiger partial charge in [0.1, 0.15) is 11.1 Å². The molecule has 1 saturated carbocycles. The number of hydrogen-bond donors (Lipinski definition) is 0. The summed E-state index contributed by atoms with van der Waals surface area (Å²) < 4.78 is 0.938. The minimum absolute atomic E-state index is 0.428. The molecule has 1 aromatic rings. The SMILES string of the molecule is CC1(C)CC2CC(C)(C1)C[N+]2(C)C=Nc1sc2c(c1C#N)CCCCC2. The maximum absolute atomic E-state index is 9.75. The third-order valence-corrected chi connectivity index (χ3v) is 8.13. The van der Waals surface area contributed by atoms with Crippen molar-refractivity contribution in [3.8, 4) is 6.07 Å². The number of nitrogens with zero attached hydrogens (tertiary/aromatic N) is 3. The molecule has 2 aliphatic carbocycles. The highest BCUT2D eigenvalue weighted by Gasteiger charge is 2.57. The molecule has 1 aliphatic heterocycles. The molecule has 0 N–H and O–H groups in total. The molecule has 0 spiro atoms. The largest absolute Gasteiger partial charge is 0.281 e. The van der Waals surface area contributed by atoms with E-state index in [-0.39, 0.29) is 0 Å². The third-order valence-electron chi connectivity index (χ3n) is 6.93. The minimum Gasteiger partial charge on any atom is -0.281 e. The van der Waals surface area contributed by atoms with Gasteiger partial charge in [-0.25, -0.2) is 0 Å². The highest BCUT2D eigenvalue weighted by atomic mass is 32.1. The number of hydrogen-bond acceptors (Lipinski definition) is 3. The van der Waals surface area contributed by atoms with Crippen LogP contribution in [0.5, 0.6) is 0 Å². The van der Waals surface area contributed by atoms with Gasteiger partial charge in [-0.3, -0.25) is 4.48 Å². The van der Waals surface area contributed by atoms with Gasteiger partial charge in [0.15, 0.2) is 6.34 Å². The summed E-state index contributed by atoms with van der Waals surface area (Å²) in [7, 11) is 2.35. The average molecular weight is 371 g/mol. The molecule has 3 aliphatic rings. The molecule has 1 aromatic heterocycles. The second kappa shape index (κ2) is 6.17. The molecular weight excluding hydrogens is 338 g/mol. The van der Waals surface area contributed by atoms with Crippen LogP contribution in [-0.2, 0) is 12.8 Å². The Labute approximate surface area is 162 Å². The lowest BCUT2D eigenvalue weighted by Crippen LogP contribution is -2.47. The Morgan fingerprint density at radius 1 is 1.19 bits per heavy atom. The van der Waals surface area contributed by atoms with E-state index in [4.69, 9.17) is 4.99 Å². The van der Waals surface area contributed by atoms with Gasteiger partial charge in [0.25, 0.3) is 0 Å². The van der Waals surface area contributed by atoms with Crippen molar-refractivity contribution in [3.63, 3.8) is 0 Å². The first kappa shape index (κ1) is 18.2. The predicted molar refractivity (Wildman–Crippen MR) is 109 cm³/mol. The van der Waals surface area contributed by atoms with Crippen LogP contribution in [0.3, 0.4) is 0 Å². The summed E-state index contributed by atoms with van der Waals surface area (Å²) >= 11 is 1.78. The van der Waals surface area contributed by atoms with Crippen LogP contribution in [0.4, 0.5) is 5.00 Å². The Bertz CT molecular complexity index is 784. The number of quaternary nitrogens is 1. The topological polar surface area (TPSA) is 36.1 Å². The van der Waals surface area contributed by atoms with E-state index in [9.17, 15) is 5.26 Å². The zero-order valence-corrected chi connectivity index (χ0v) is 17.6. The Hall–Kier alpha value is -1.18. The second-order valence-corrected chi connectivity index (χ2v) is 11.4. The molecule has 3 nitrogen and oxygen atoms in total. The van der Waals surface area contributed by atoms with E-state index in [0.29, 0.717) is 16.9 Å². The van der Waals surface area contributed by atoms with Crippen molar-refractivity contribution in [2.75, 3.05) is 13.6 Å². The van der Waals surface area contributed by atoms with Gasteiger partial charge in [0, 0.05) is 23.1 Å². The van der Waals surface area contributed by atoms with E-state index in [1.54, 1.807) is 11.3 Å². The smallest absolute Gasteiger partial charge is 0.191 e. The Balaban J connectivity index is 1.64. The minimum atomic E-state index is 0.428. The maximum atomic E-state index is 9.75. The number of thiophene rings is 1. The standard InChI is InChI=1S/C22H32N3S/c1-21(2)10-16-11-22(3,13-21)14-25(16,4)15-24-20-18(12-23)17-8-6-5-7-9-19(17)26-20/h15-16H,5-11,13-14H2,1-4H3/q+1. The van der Waals surface area contributed by atoms with E-state index in [2.05, 4.69) is 40.2 Å². The molecule has 26 heavy (non-hydrogen) atoms. The lowest BCUT2D eigenvalue weighted by atomic mass is 9.65. The van der Waals surface area contributed by atoms with Gasteiger partial charge < -0.3 is 0 Å². The zero-order valence-electron chi connectivity index (χ0n) is 16.8. The second-order valence-electron chi connectivity index (χ2n) is 10.3. The number of nitriles is 1. The van der Waals surface area contributed by atoms with Crippen LogP contribution in [-0.4, -0.2) is 30.5 Å². The fourth-order valence-electron chi connectivity index (χ4n) is 6.32. The van der Waals surface area contributed by atoms with Crippen LogP contribution in [0.2, 0.25) is 0 Å². The van der Waals surface area contributed by atoms with Crippen LogP contribution in [0.15, 0.2) is 4.99 Å². The van der Waals surface area contributed by atoms with E-state index >= 15 is 0 Å². The lowest BCUT2D eigenvalue weighted by molar-refractivity contribution is -0.829. The molecule has 0 radical (unpaired) electrons. The lowest BCUT2D eigenvalue weighted by Gasteiger charge is -2.38. The highest BCUT2D eigenvalue weighted by molar-refractivity contribution is 7.16. The van der Waals surface area contributed by atoms with E-state index in [1.165, 1.54) is 55.5 Å². The van der Waals surface area contributed by atoms with Gasteiger partial charge in [-0.1, -0.05) is 27.2 Å². The fourth-order valence-corrected chi connectivity index (χ4v) is 7.50. The normalized spacial score (nSPS) is 35.9. The van der Waals surface area contributed by atoms with E-state index in [1.807, 2.05) is 0 Å². The Kier molecular flexibility index (Phi) is 4.32. The van der Waals surface area contributed by atoms with E-state index in [0.717, 1.165) is 27.9 Å². The molecule has 0 amide bonds. The van der Waals surface area contributed by atoms with Crippen LogP contribution >= 0.6 is 11.3 Å². The van der Waals surface area contributed by atoms with Crippen LogP contribution in [0, 0.1) is 22.2 Å². The molecule has 3 unspecified atom stereocenters. The summed E-state index contributed by atoms with van der Waals surface area (Å²) in [6, 6.07) is 3.14. The van der Waals surface area contributed by atoms with Crippen molar-refractivity contribution in [1.29, 1.82) is 5.26 Å². The van der Waals surface area contributed by atoms with E-state index < -0.39 is 0 Å². The Morgan fingerprint density at radius 2 is 1.96 bits per heavy atom. The van der Waals surface area contributed by atoms with Crippen molar-refractivity contribution in [1.82, 2.24) is 0 Å². The number of fused-ring (bicyclic) bond motifs is 3. The number of rotatable bonds is 2. The van der Waals surface area contributed by atoms with Gasteiger partial charge in [-0.15, -0.1) is 11.3 Å². The third kappa shape index (κ3) is 3.14. The fraction of sp³-hybridized carbons (Fsp3) is 0.727. The summed E-state index contributed by atoms with van der Waals surface area (Å²) in [4.78, 5) is 6.37. The predicted octanol–water partition coefficient (Wildman–Crippen LogP) is 5.59. The zero-order chi connectivity index (χ0) is 18.6. The summed E-state index contributed by atoms with van der Waals surface area (Å²) in [5, 5.41) is 10.7. The molecule has 2 heterocycles. The summed E-state index contributed by atoms with van der Waals surface area (Å²) in [6.07, 6.45) is 12.0. The van der Waals surface area contributed by atoms with Crippen molar-refractivity contribution in [2.24, 2.45) is 15.8 Å². The molecule has 2 bridgehead atoms. The summed E-state index contributed by atoms with van der Waals surface area (Å²) in [6.45, 7) is 8.49. The summed E-state index contributed by atoms with van der Waals surface area (Å²) in [5.74, 6) is 0. The number of aryl methyl sites for hydroxylation is 1. The number of aliphatic imine (C=N–C) groups is 1. The highest BCUT2D eigenvalue weighted by Crippen LogP contribution is 2.54. The molecule has 2 fully saturated rings. The average Bonchev–Trinajstić information content (AvgIpc) is 2.83. The van der Waals surface area contributed by atoms with Crippen LogP contribution in [0.1, 0.15) is 75.3 Å². The van der Waals surface area contributed by atoms with Crippen molar-refractivity contribution < 1.29 is 4.48 Å². The maximum Gasteiger partial charge on any atom is 0.191 e. The molecular formula is C22H32N3S+. The molecule has 4 rings (SSSR count). The van der Waals surface area contributed by atoms with Gasteiger partial charge in [-0.05, 0) is 43.1 Å². The molecule has 4 heteroatoms. The molecule has 3 atom stereocenters. The van der Waals surface area contributed by atoms with Gasteiger partial charge in [0.05, 0.1) is 25.2 Å².